The van der Waals surface area contributed by atoms with Crippen LogP contribution in [0.3, 0.4) is 0 Å². The van der Waals surface area contributed by atoms with Crippen LogP contribution in [0.1, 0.15) is 31.4 Å². The summed E-state index contributed by atoms with van der Waals surface area (Å²) >= 11 is 0. The van der Waals surface area contributed by atoms with Gasteiger partial charge in [0, 0.05) is 12.0 Å². The van der Waals surface area contributed by atoms with Gasteiger partial charge in [-0.05, 0) is 47.7 Å². The van der Waals surface area contributed by atoms with Crippen molar-refractivity contribution in [1.82, 2.24) is 0 Å². The van der Waals surface area contributed by atoms with E-state index in [1.807, 2.05) is 0 Å². The molecule has 0 aliphatic rings. The Kier molecular flexibility index (Phi) is 5.13. The van der Waals surface area contributed by atoms with Crippen LogP contribution in [0.2, 0.25) is 0 Å². The molecule has 1 atom stereocenters. The van der Waals surface area contributed by atoms with Crippen LogP contribution in [0.15, 0.2) is 42.5 Å². The number of carboxylic acid groups (broad SMARTS) is 1. The van der Waals surface area contributed by atoms with Crippen LogP contribution in [-0.2, 0) is 16.6 Å². The molecule has 134 valence electrons. The Morgan fingerprint density at radius 3 is 2.16 bits per heavy atom. The van der Waals surface area contributed by atoms with Crippen molar-refractivity contribution >= 4 is 5.97 Å². The predicted molar refractivity (Wildman–Crippen MR) is 88.4 cm³/mol. The zero-order chi connectivity index (χ0) is 18.8. The lowest BCUT2D eigenvalue weighted by Crippen LogP contribution is -2.45. The van der Waals surface area contributed by atoms with E-state index in [1.54, 1.807) is 13.8 Å². The first kappa shape index (κ1) is 18.9. The van der Waals surface area contributed by atoms with E-state index < -0.39 is 28.6 Å². The average molecular weight is 350 g/mol. The van der Waals surface area contributed by atoms with Gasteiger partial charge in [-0.2, -0.15) is 0 Å². The molecular weight excluding hydrogens is 330 g/mol. The number of hydrogen-bond donors (Lipinski definition) is 3. The monoisotopic (exact) mass is 350 g/mol. The lowest BCUT2D eigenvalue weighted by molar-refractivity contribution is -0.160. The highest BCUT2D eigenvalue weighted by Crippen LogP contribution is 2.38. The Morgan fingerprint density at radius 1 is 1.04 bits per heavy atom. The van der Waals surface area contributed by atoms with Crippen molar-refractivity contribution in [3.63, 3.8) is 0 Å². The molecule has 6 heteroatoms. The van der Waals surface area contributed by atoms with E-state index in [0.717, 1.165) is 12.1 Å². The van der Waals surface area contributed by atoms with Crippen molar-refractivity contribution in [2.75, 3.05) is 0 Å². The van der Waals surface area contributed by atoms with Gasteiger partial charge < -0.3 is 15.3 Å². The standard InChI is InChI=1S/C19H20F2O4/c1-18(2,15-9-14(21)7-8-16(15)22)11-19(25,17(23)24)10-12-3-5-13(20)6-4-12/h3-9,22,25H,10-11H2,1-2H3,(H,23,24). The van der Waals surface area contributed by atoms with Gasteiger partial charge in [-0.25, -0.2) is 13.6 Å². The molecule has 0 amide bonds. The van der Waals surface area contributed by atoms with Gasteiger partial charge in [-0.3, -0.25) is 0 Å². The van der Waals surface area contributed by atoms with E-state index in [-0.39, 0.29) is 24.2 Å². The molecule has 0 aromatic heterocycles. The Hall–Kier alpha value is -2.47. The van der Waals surface area contributed by atoms with Gasteiger partial charge >= 0.3 is 5.97 Å². The third kappa shape index (κ3) is 4.33. The number of rotatable bonds is 6. The molecule has 0 radical (unpaired) electrons. The number of benzene rings is 2. The van der Waals surface area contributed by atoms with E-state index in [4.69, 9.17) is 0 Å². The van der Waals surface area contributed by atoms with Crippen LogP contribution < -0.4 is 0 Å². The average Bonchev–Trinajstić information content (AvgIpc) is 2.51. The van der Waals surface area contributed by atoms with Crippen LogP contribution in [0.4, 0.5) is 8.78 Å². The molecule has 1 unspecified atom stereocenters. The number of phenolic OH excluding ortho intramolecular Hbond substituents is 1. The van der Waals surface area contributed by atoms with Crippen LogP contribution >= 0.6 is 0 Å². The fraction of sp³-hybridized carbons (Fsp3) is 0.316. The number of aliphatic carboxylic acids is 1. The number of phenols is 1. The highest BCUT2D eigenvalue weighted by atomic mass is 19.1. The zero-order valence-corrected chi connectivity index (χ0v) is 14.0. The largest absolute Gasteiger partial charge is 0.508 e. The highest BCUT2D eigenvalue weighted by molar-refractivity contribution is 5.78. The van der Waals surface area contributed by atoms with E-state index >= 15 is 0 Å². The Bertz CT molecular complexity index is 771. The normalized spacial score (nSPS) is 14.1. The summed E-state index contributed by atoms with van der Waals surface area (Å²) in [6.07, 6.45) is -0.522. The summed E-state index contributed by atoms with van der Waals surface area (Å²) in [6.45, 7) is 3.22. The molecule has 3 N–H and O–H groups in total. The van der Waals surface area contributed by atoms with Gasteiger partial charge in [-0.15, -0.1) is 0 Å². The molecule has 0 saturated heterocycles. The number of carboxylic acids is 1. The number of halogens is 2. The molecule has 0 bridgehead atoms. The van der Waals surface area contributed by atoms with Crippen molar-refractivity contribution in [2.45, 2.75) is 37.7 Å². The van der Waals surface area contributed by atoms with Crippen LogP contribution in [0.5, 0.6) is 5.75 Å². The fourth-order valence-corrected chi connectivity index (χ4v) is 3.03. The van der Waals surface area contributed by atoms with Crippen molar-refractivity contribution in [2.24, 2.45) is 0 Å². The molecule has 0 spiro atoms. The van der Waals surface area contributed by atoms with E-state index in [0.29, 0.717) is 5.56 Å². The number of carbonyl (C=O) groups is 1. The van der Waals surface area contributed by atoms with Gasteiger partial charge in [0.25, 0.3) is 0 Å². The summed E-state index contributed by atoms with van der Waals surface area (Å²) in [4.78, 5) is 11.7. The zero-order valence-electron chi connectivity index (χ0n) is 14.0. The van der Waals surface area contributed by atoms with E-state index in [9.17, 15) is 28.9 Å². The summed E-state index contributed by atoms with van der Waals surface area (Å²) in [5.41, 5.74) is -2.55. The summed E-state index contributed by atoms with van der Waals surface area (Å²) < 4.78 is 26.5. The summed E-state index contributed by atoms with van der Waals surface area (Å²) in [5, 5.41) is 30.2. The van der Waals surface area contributed by atoms with E-state index in [2.05, 4.69) is 0 Å². The first-order valence-electron chi connectivity index (χ1n) is 7.73. The number of hydrogen-bond acceptors (Lipinski definition) is 3. The third-order valence-electron chi connectivity index (χ3n) is 4.23. The maximum atomic E-state index is 13.5. The van der Waals surface area contributed by atoms with Gasteiger partial charge in [0.2, 0.25) is 0 Å². The second-order valence-electron chi connectivity index (χ2n) is 6.86. The first-order chi connectivity index (χ1) is 11.5. The Morgan fingerprint density at radius 2 is 1.60 bits per heavy atom. The van der Waals surface area contributed by atoms with E-state index in [1.165, 1.54) is 30.3 Å². The maximum absolute atomic E-state index is 13.5. The molecule has 0 aliphatic heterocycles. The van der Waals surface area contributed by atoms with Crippen LogP contribution in [-0.4, -0.2) is 26.9 Å². The Labute approximate surface area is 144 Å². The molecule has 0 fully saturated rings. The van der Waals surface area contributed by atoms with Crippen molar-refractivity contribution < 1.29 is 28.9 Å². The maximum Gasteiger partial charge on any atom is 0.336 e. The molecule has 0 saturated carbocycles. The summed E-state index contributed by atoms with van der Waals surface area (Å²) in [6, 6.07) is 8.56. The molecule has 0 heterocycles. The minimum Gasteiger partial charge on any atom is -0.508 e. The predicted octanol–water partition coefficient (Wildman–Crippen LogP) is 3.40. The second-order valence-corrected chi connectivity index (χ2v) is 6.86. The highest BCUT2D eigenvalue weighted by Gasteiger charge is 2.42. The molecule has 2 aromatic carbocycles. The van der Waals surface area contributed by atoms with Crippen LogP contribution in [0, 0.1) is 11.6 Å². The first-order valence-corrected chi connectivity index (χ1v) is 7.73. The second kappa shape index (κ2) is 6.80. The SMILES string of the molecule is CC(C)(CC(O)(Cc1ccc(F)cc1)C(=O)O)c1cc(F)ccc1O. The van der Waals surface area contributed by atoms with Gasteiger partial charge in [0.15, 0.2) is 5.60 Å². The summed E-state index contributed by atoms with van der Waals surface area (Å²) in [7, 11) is 0. The fourth-order valence-electron chi connectivity index (χ4n) is 3.03. The van der Waals surface area contributed by atoms with Crippen molar-refractivity contribution in [1.29, 1.82) is 0 Å². The smallest absolute Gasteiger partial charge is 0.336 e. The van der Waals surface area contributed by atoms with Crippen molar-refractivity contribution in [3.8, 4) is 5.75 Å². The minimum atomic E-state index is -2.17. The van der Waals surface area contributed by atoms with Gasteiger partial charge in [-0.1, -0.05) is 26.0 Å². The quantitative estimate of drug-likeness (QED) is 0.746. The van der Waals surface area contributed by atoms with Gasteiger partial charge in [0.1, 0.15) is 17.4 Å². The van der Waals surface area contributed by atoms with Crippen molar-refractivity contribution in [3.05, 3.63) is 65.2 Å². The molecule has 0 aliphatic carbocycles. The summed E-state index contributed by atoms with van der Waals surface area (Å²) in [5.74, 6) is -2.66. The van der Waals surface area contributed by atoms with Crippen LogP contribution in [0.25, 0.3) is 0 Å². The Balaban J connectivity index is 2.34. The number of aromatic hydroxyl groups is 1. The molecule has 25 heavy (non-hydrogen) atoms. The molecular formula is C19H20F2O4. The lowest BCUT2D eigenvalue weighted by atomic mass is 9.73. The lowest BCUT2D eigenvalue weighted by Gasteiger charge is -2.34. The minimum absolute atomic E-state index is 0.180. The third-order valence-corrected chi connectivity index (χ3v) is 4.23. The molecule has 2 rings (SSSR count). The number of aliphatic hydroxyl groups is 1. The topological polar surface area (TPSA) is 77.8 Å². The van der Waals surface area contributed by atoms with Gasteiger partial charge in [0.05, 0.1) is 0 Å². The molecule has 2 aromatic rings. The molecule has 4 nitrogen and oxygen atoms in total.